The van der Waals surface area contributed by atoms with Gasteiger partial charge in [-0.15, -0.1) is 0 Å². The van der Waals surface area contributed by atoms with Crippen LogP contribution in [0, 0.1) is 0 Å². The summed E-state index contributed by atoms with van der Waals surface area (Å²) in [7, 11) is 1.87. The van der Waals surface area contributed by atoms with Crippen LogP contribution in [0.2, 0.25) is 0 Å². The molecule has 2 aromatic rings. The summed E-state index contributed by atoms with van der Waals surface area (Å²) < 4.78 is 5.86. The van der Waals surface area contributed by atoms with E-state index in [2.05, 4.69) is 15.2 Å². The minimum atomic E-state index is 0.228. The molecule has 1 aliphatic heterocycles. The Bertz CT molecular complexity index is 648. The third-order valence-electron chi connectivity index (χ3n) is 4.28. The van der Waals surface area contributed by atoms with E-state index in [9.17, 15) is 4.79 Å². The van der Waals surface area contributed by atoms with Gasteiger partial charge in [0, 0.05) is 44.7 Å². The fraction of sp³-hybridized carbons (Fsp3) is 0.444. The molecular formula is C18H24N4O2. The summed E-state index contributed by atoms with van der Waals surface area (Å²) in [6.45, 7) is 4.68. The van der Waals surface area contributed by atoms with Gasteiger partial charge in [-0.25, -0.2) is 4.98 Å². The number of piperazine rings is 1. The predicted octanol–water partition coefficient (Wildman–Crippen LogP) is 1.60. The van der Waals surface area contributed by atoms with E-state index in [4.69, 9.17) is 4.42 Å². The molecule has 1 aromatic heterocycles. The van der Waals surface area contributed by atoms with Crippen LogP contribution in [0.15, 0.2) is 40.9 Å². The van der Waals surface area contributed by atoms with Crippen LogP contribution in [0.4, 0.5) is 0 Å². The third kappa shape index (κ3) is 4.21. The first-order chi connectivity index (χ1) is 11.8. The van der Waals surface area contributed by atoms with Gasteiger partial charge in [0.1, 0.15) is 0 Å². The van der Waals surface area contributed by atoms with Crippen LogP contribution in [0.25, 0.3) is 11.3 Å². The van der Waals surface area contributed by atoms with Crippen LogP contribution >= 0.6 is 0 Å². The fourth-order valence-corrected chi connectivity index (χ4v) is 2.86. The van der Waals surface area contributed by atoms with Crippen molar-refractivity contribution in [3.63, 3.8) is 0 Å². The lowest BCUT2D eigenvalue weighted by Crippen LogP contribution is -2.48. The zero-order valence-electron chi connectivity index (χ0n) is 14.1. The molecule has 0 aliphatic carbocycles. The molecule has 0 saturated carbocycles. The van der Waals surface area contributed by atoms with Crippen LogP contribution in [-0.2, 0) is 11.3 Å². The summed E-state index contributed by atoms with van der Waals surface area (Å²) >= 11 is 0. The second kappa shape index (κ2) is 8.08. The molecule has 0 atom stereocenters. The number of benzene rings is 1. The molecule has 1 aromatic carbocycles. The number of carbonyl (C=O) groups excluding carboxylic acids is 1. The molecule has 24 heavy (non-hydrogen) atoms. The number of nitrogens with one attached hydrogen (secondary N) is 1. The summed E-state index contributed by atoms with van der Waals surface area (Å²) in [6, 6.07) is 9.99. The lowest BCUT2D eigenvalue weighted by atomic mass is 10.2. The van der Waals surface area contributed by atoms with E-state index in [0.29, 0.717) is 13.0 Å². The summed E-state index contributed by atoms with van der Waals surface area (Å²) in [4.78, 5) is 20.6. The molecule has 2 heterocycles. The van der Waals surface area contributed by atoms with Crippen molar-refractivity contribution in [2.45, 2.75) is 13.0 Å². The van der Waals surface area contributed by atoms with Crippen molar-refractivity contribution in [1.82, 2.24) is 20.1 Å². The Morgan fingerprint density at radius 2 is 1.96 bits per heavy atom. The Morgan fingerprint density at radius 1 is 1.21 bits per heavy atom. The Kier molecular flexibility index (Phi) is 5.61. The summed E-state index contributed by atoms with van der Waals surface area (Å²) in [6.07, 6.45) is 2.35. The van der Waals surface area contributed by atoms with Gasteiger partial charge in [0.15, 0.2) is 5.76 Å². The molecule has 1 saturated heterocycles. The van der Waals surface area contributed by atoms with Gasteiger partial charge >= 0.3 is 0 Å². The Balaban J connectivity index is 1.50. The maximum absolute atomic E-state index is 12.0. The molecule has 1 fully saturated rings. The lowest BCUT2D eigenvalue weighted by Gasteiger charge is -2.34. The molecule has 0 radical (unpaired) electrons. The topological polar surface area (TPSA) is 61.6 Å². The monoisotopic (exact) mass is 328 g/mol. The molecule has 0 spiro atoms. The highest BCUT2D eigenvalue weighted by molar-refractivity contribution is 5.76. The molecule has 3 rings (SSSR count). The van der Waals surface area contributed by atoms with Crippen LogP contribution < -0.4 is 5.32 Å². The van der Waals surface area contributed by atoms with Crippen molar-refractivity contribution in [3.8, 4) is 11.3 Å². The van der Waals surface area contributed by atoms with Gasteiger partial charge in [-0.3, -0.25) is 9.69 Å². The average Bonchev–Trinajstić information content (AvgIpc) is 3.09. The summed E-state index contributed by atoms with van der Waals surface area (Å²) in [5.41, 5.74) is 1.04. The number of hydrogen-bond donors (Lipinski definition) is 1. The average molecular weight is 328 g/mol. The van der Waals surface area contributed by atoms with E-state index in [1.54, 1.807) is 6.20 Å². The van der Waals surface area contributed by atoms with Crippen LogP contribution in [0.5, 0.6) is 0 Å². The van der Waals surface area contributed by atoms with Crippen molar-refractivity contribution in [1.29, 1.82) is 0 Å². The quantitative estimate of drug-likeness (QED) is 0.873. The van der Waals surface area contributed by atoms with Gasteiger partial charge in [0.25, 0.3) is 0 Å². The van der Waals surface area contributed by atoms with Gasteiger partial charge in [-0.05, 0) is 7.05 Å². The van der Waals surface area contributed by atoms with Gasteiger partial charge in [0.2, 0.25) is 11.8 Å². The van der Waals surface area contributed by atoms with E-state index in [-0.39, 0.29) is 5.91 Å². The van der Waals surface area contributed by atoms with Crippen molar-refractivity contribution in [2.75, 3.05) is 39.8 Å². The van der Waals surface area contributed by atoms with Crippen LogP contribution in [0.1, 0.15) is 12.3 Å². The van der Waals surface area contributed by atoms with E-state index in [1.807, 2.05) is 42.3 Å². The number of hydrogen-bond acceptors (Lipinski definition) is 5. The number of carbonyl (C=O) groups is 1. The Hall–Kier alpha value is -2.18. The molecule has 1 aliphatic rings. The van der Waals surface area contributed by atoms with E-state index >= 15 is 0 Å². The third-order valence-corrected chi connectivity index (χ3v) is 4.28. The van der Waals surface area contributed by atoms with Crippen molar-refractivity contribution in [3.05, 3.63) is 42.4 Å². The maximum atomic E-state index is 12.0. The molecule has 1 amide bonds. The van der Waals surface area contributed by atoms with E-state index in [0.717, 1.165) is 49.9 Å². The molecular weight excluding hydrogens is 304 g/mol. The normalized spacial score (nSPS) is 15.6. The minimum absolute atomic E-state index is 0.228. The first kappa shape index (κ1) is 16.7. The highest BCUT2D eigenvalue weighted by Gasteiger charge is 2.21. The van der Waals surface area contributed by atoms with E-state index in [1.165, 1.54) is 0 Å². The molecule has 1 N–H and O–H groups in total. The summed E-state index contributed by atoms with van der Waals surface area (Å²) in [5.74, 6) is 1.75. The van der Waals surface area contributed by atoms with Gasteiger partial charge in [-0.1, -0.05) is 30.3 Å². The lowest BCUT2D eigenvalue weighted by molar-refractivity contribution is -0.132. The zero-order chi connectivity index (χ0) is 16.8. The zero-order valence-corrected chi connectivity index (χ0v) is 14.1. The number of rotatable bonds is 6. The molecule has 0 unspecified atom stereocenters. The fourth-order valence-electron chi connectivity index (χ4n) is 2.86. The Labute approximate surface area is 142 Å². The van der Waals surface area contributed by atoms with Crippen LogP contribution in [-0.4, -0.2) is 60.5 Å². The standard InChI is InChI=1S/C18H24N4O2/c1-19-8-7-18(23)22-11-9-21(10-12-22)14-17-20-13-16(24-17)15-5-3-2-4-6-15/h2-6,13,19H,7-12,14H2,1H3. The largest absolute Gasteiger partial charge is 0.439 e. The second-order valence-electron chi connectivity index (χ2n) is 5.99. The van der Waals surface area contributed by atoms with Crippen molar-refractivity contribution in [2.24, 2.45) is 0 Å². The predicted molar refractivity (Wildman–Crippen MR) is 92.3 cm³/mol. The molecule has 6 heteroatoms. The van der Waals surface area contributed by atoms with Gasteiger partial charge < -0.3 is 14.6 Å². The summed E-state index contributed by atoms with van der Waals surface area (Å²) in [5, 5.41) is 3.02. The maximum Gasteiger partial charge on any atom is 0.223 e. The highest BCUT2D eigenvalue weighted by atomic mass is 16.4. The number of nitrogens with zero attached hydrogens (tertiary/aromatic N) is 3. The van der Waals surface area contributed by atoms with Crippen LogP contribution in [0.3, 0.4) is 0 Å². The number of oxazole rings is 1. The molecule has 0 bridgehead atoms. The Morgan fingerprint density at radius 3 is 2.67 bits per heavy atom. The van der Waals surface area contributed by atoms with Gasteiger partial charge in [-0.2, -0.15) is 0 Å². The molecule has 6 nitrogen and oxygen atoms in total. The van der Waals surface area contributed by atoms with Crippen molar-refractivity contribution < 1.29 is 9.21 Å². The smallest absolute Gasteiger partial charge is 0.223 e. The molecule has 128 valence electrons. The second-order valence-corrected chi connectivity index (χ2v) is 5.99. The SMILES string of the molecule is CNCCC(=O)N1CCN(Cc2ncc(-c3ccccc3)o2)CC1. The minimum Gasteiger partial charge on any atom is -0.439 e. The highest BCUT2D eigenvalue weighted by Crippen LogP contribution is 2.20. The van der Waals surface area contributed by atoms with Gasteiger partial charge in [0.05, 0.1) is 12.7 Å². The number of aromatic nitrogens is 1. The first-order valence-electron chi connectivity index (χ1n) is 8.41. The van der Waals surface area contributed by atoms with E-state index < -0.39 is 0 Å². The number of amides is 1. The first-order valence-corrected chi connectivity index (χ1v) is 8.41. The van der Waals surface area contributed by atoms with Crippen molar-refractivity contribution >= 4 is 5.91 Å².